The summed E-state index contributed by atoms with van der Waals surface area (Å²) in [6.07, 6.45) is 3.72. The van der Waals surface area contributed by atoms with Gasteiger partial charge in [-0.3, -0.25) is 0 Å². The minimum Gasteiger partial charge on any atom is -0.508 e. The Labute approximate surface area is 217 Å². The molecule has 5 nitrogen and oxygen atoms in total. The lowest BCUT2D eigenvalue weighted by Gasteiger charge is -2.16. The predicted octanol–water partition coefficient (Wildman–Crippen LogP) is 7.44. The van der Waals surface area contributed by atoms with Crippen molar-refractivity contribution in [2.75, 3.05) is 14.2 Å². The molecule has 5 heteroatoms. The minimum atomic E-state index is 0.0926. The molecule has 0 heterocycles. The topological polar surface area (TPSA) is 68.2 Å². The van der Waals surface area contributed by atoms with Crippen molar-refractivity contribution >= 4 is 23.7 Å². The number of benzene rings is 4. The largest absolute Gasteiger partial charge is 0.508 e. The van der Waals surface area contributed by atoms with Crippen LogP contribution in [-0.2, 0) is 4.74 Å². The Hall–Kier alpha value is -4.64. The molecule has 0 aliphatic rings. The van der Waals surface area contributed by atoms with Crippen molar-refractivity contribution in [1.82, 2.24) is 0 Å². The van der Waals surface area contributed by atoms with Crippen molar-refractivity contribution in [1.29, 1.82) is 0 Å². The van der Waals surface area contributed by atoms with Crippen LogP contribution < -0.4 is 9.47 Å². The Morgan fingerprint density at radius 1 is 0.568 bits per heavy atom. The second-order valence-corrected chi connectivity index (χ2v) is 8.78. The molecular formula is C32H30O5. The van der Waals surface area contributed by atoms with Crippen LogP contribution >= 0.6 is 0 Å². The lowest BCUT2D eigenvalue weighted by molar-refractivity contribution is 0.407. The highest BCUT2D eigenvalue weighted by molar-refractivity contribution is 5.86. The molecule has 188 valence electrons. The lowest BCUT2D eigenvalue weighted by Crippen LogP contribution is -1.95. The number of hydrogen-bond acceptors (Lipinski definition) is 5. The van der Waals surface area contributed by atoms with Gasteiger partial charge in [0.05, 0.1) is 14.2 Å². The molecule has 4 rings (SSSR count). The van der Waals surface area contributed by atoms with Gasteiger partial charge in [0.25, 0.3) is 0 Å². The third-order valence-corrected chi connectivity index (χ3v) is 5.79. The van der Waals surface area contributed by atoms with Gasteiger partial charge in [-0.2, -0.15) is 0 Å². The summed E-state index contributed by atoms with van der Waals surface area (Å²) in [5, 5.41) is 20.4. The van der Waals surface area contributed by atoms with Crippen LogP contribution in [0.25, 0.3) is 23.7 Å². The highest BCUT2D eigenvalue weighted by Crippen LogP contribution is 2.32. The fourth-order valence-electron chi connectivity index (χ4n) is 3.81. The quantitative estimate of drug-likeness (QED) is 0.197. The van der Waals surface area contributed by atoms with E-state index in [0.29, 0.717) is 23.0 Å². The Morgan fingerprint density at radius 3 is 1.30 bits per heavy atom. The first kappa shape index (κ1) is 25.5. The number of rotatable bonds is 8. The minimum absolute atomic E-state index is 0.0926. The zero-order valence-electron chi connectivity index (χ0n) is 21.4. The van der Waals surface area contributed by atoms with E-state index in [9.17, 15) is 10.2 Å². The van der Waals surface area contributed by atoms with Crippen molar-refractivity contribution in [3.8, 4) is 23.0 Å². The second-order valence-electron chi connectivity index (χ2n) is 8.78. The Balaban J connectivity index is 1.86. The van der Waals surface area contributed by atoms with E-state index >= 15 is 0 Å². The van der Waals surface area contributed by atoms with Crippen LogP contribution in [0.3, 0.4) is 0 Å². The van der Waals surface area contributed by atoms with Gasteiger partial charge in [-0.25, -0.2) is 0 Å². The zero-order chi connectivity index (χ0) is 26.4. The summed E-state index contributed by atoms with van der Waals surface area (Å²) in [6.45, 7) is 4.06. The summed E-state index contributed by atoms with van der Waals surface area (Å²) in [7, 11) is 3.11. The van der Waals surface area contributed by atoms with E-state index in [-0.39, 0.29) is 11.5 Å². The number of phenolic OH excluding ortho intramolecular Hbond substituents is 2. The molecule has 0 atom stereocenters. The molecule has 0 aromatic heterocycles. The summed E-state index contributed by atoms with van der Waals surface area (Å²) in [6, 6.07) is 26.1. The summed E-state index contributed by atoms with van der Waals surface area (Å²) in [5.41, 5.74) is 5.41. The number of hydrogen-bond donors (Lipinski definition) is 2. The fraction of sp³-hybridized carbons (Fsp3) is 0.125. The number of ether oxygens (including phenoxy) is 3. The molecule has 0 spiro atoms. The van der Waals surface area contributed by atoms with Crippen molar-refractivity contribution in [2.24, 2.45) is 0 Å². The molecule has 0 saturated heterocycles. The molecule has 4 aromatic rings. The normalized spacial score (nSPS) is 11.8. The SMILES string of the molecule is COc1cc(O)cc(C=C(OC(=Cc2cc(O)cc(OC)c2)c2ccc(C)cc2)c2ccc(C)cc2)c1. The van der Waals surface area contributed by atoms with Gasteiger partial charge in [0.15, 0.2) is 0 Å². The molecule has 0 amide bonds. The molecular weight excluding hydrogens is 464 g/mol. The van der Waals surface area contributed by atoms with Crippen LogP contribution in [0.4, 0.5) is 0 Å². The van der Waals surface area contributed by atoms with E-state index in [1.54, 1.807) is 38.5 Å². The average Bonchev–Trinajstić information content (AvgIpc) is 2.88. The third-order valence-electron chi connectivity index (χ3n) is 5.79. The fourth-order valence-corrected chi connectivity index (χ4v) is 3.81. The Morgan fingerprint density at radius 2 is 0.946 bits per heavy atom. The van der Waals surface area contributed by atoms with E-state index in [2.05, 4.69) is 0 Å². The molecule has 0 radical (unpaired) electrons. The highest BCUT2D eigenvalue weighted by Gasteiger charge is 2.12. The van der Waals surface area contributed by atoms with Crippen molar-refractivity contribution in [3.63, 3.8) is 0 Å². The Kier molecular flexibility index (Phi) is 7.84. The van der Waals surface area contributed by atoms with Crippen LogP contribution in [0.2, 0.25) is 0 Å². The van der Waals surface area contributed by atoms with E-state index in [0.717, 1.165) is 33.4 Å². The van der Waals surface area contributed by atoms with Gasteiger partial charge in [0.2, 0.25) is 0 Å². The molecule has 0 fully saturated rings. The van der Waals surface area contributed by atoms with Crippen LogP contribution in [0.5, 0.6) is 23.0 Å². The van der Waals surface area contributed by atoms with E-state index < -0.39 is 0 Å². The summed E-state index contributed by atoms with van der Waals surface area (Å²) in [4.78, 5) is 0. The van der Waals surface area contributed by atoms with Gasteiger partial charge in [-0.1, -0.05) is 59.7 Å². The molecule has 0 unspecified atom stereocenters. The number of phenols is 2. The van der Waals surface area contributed by atoms with Crippen molar-refractivity contribution in [3.05, 3.63) is 118 Å². The number of aryl methyl sites for hydroxylation is 2. The van der Waals surface area contributed by atoms with Crippen molar-refractivity contribution in [2.45, 2.75) is 13.8 Å². The first-order valence-electron chi connectivity index (χ1n) is 11.8. The van der Waals surface area contributed by atoms with Gasteiger partial charge in [-0.15, -0.1) is 0 Å². The first-order chi connectivity index (χ1) is 17.8. The van der Waals surface area contributed by atoms with Gasteiger partial charge in [-0.05, 0) is 61.4 Å². The standard InChI is InChI=1S/C32H30O5/c1-21-5-9-25(10-6-21)31(17-23-13-27(33)19-29(15-23)35-3)37-32(26-11-7-22(2)8-12-26)18-24-14-28(34)20-30(16-24)36-4/h5-20,33-34H,1-4H3. The van der Waals surface area contributed by atoms with E-state index in [1.165, 1.54) is 0 Å². The van der Waals surface area contributed by atoms with Gasteiger partial charge in [0, 0.05) is 23.3 Å². The van der Waals surface area contributed by atoms with Gasteiger partial charge >= 0.3 is 0 Å². The monoisotopic (exact) mass is 494 g/mol. The van der Waals surface area contributed by atoms with Crippen LogP contribution in [-0.4, -0.2) is 24.4 Å². The predicted molar refractivity (Wildman–Crippen MR) is 149 cm³/mol. The maximum atomic E-state index is 10.2. The Bertz CT molecular complexity index is 1320. The molecule has 0 bridgehead atoms. The van der Waals surface area contributed by atoms with Crippen LogP contribution in [0, 0.1) is 13.8 Å². The molecule has 0 aliphatic carbocycles. The molecule has 4 aromatic carbocycles. The third kappa shape index (κ3) is 6.73. The smallest absolute Gasteiger partial charge is 0.135 e. The van der Waals surface area contributed by atoms with Crippen molar-refractivity contribution < 1.29 is 24.4 Å². The maximum absolute atomic E-state index is 10.2. The maximum Gasteiger partial charge on any atom is 0.135 e. The lowest BCUT2D eigenvalue weighted by atomic mass is 10.1. The molecule has 0 saturated carbocycles. The van der Waals surface area contributed by atoms with Crippen LogP contribution in [0.1, 0.15) is 33.4 Å². The number of aromatic hydroxyl groups is 2. The average molecular weight is 495 g/mol. The summed E-state index contributed by atoms with van der Waals surface area (Å²) >= 11 is 0. The summed E-state index contributed by atoms with van der Waals surface area (Å²) in [5.74, 6) is 2.41. The molecule has 2 N–H and O–H groups in total. The number of methoxy groups -OCH3 is 2. The van der Waals surface area contributed by atoms with Crippen LogP contribution in [0.15, 0.2) is 84.9 Å². The zero-order valence-corrected chi connectivity index (χ0v) is 21.4. The summed E-state index contributed by atoms with van der Waals surface area (Å²) < 4.78 is 17.3. The highest BCUT2D eigenvalue weighted by atomic mass is 16.5. The van der Waals surface area contributed by atoms with E-state index in [4.69, 9.17) is 14.2 Å². The van der Waals surface area contributed by atoms with Gasteiger partial charge < -0.3 is 24.4 Å². The second kappa shape index (κ2) is 11.4. The van der Waals surface area contributed by atoms with Gasteiger partial charge in [0.1, 0.15) is 34.5 Å². The first-order valence-corrected chi connectivity index (χ1v) is 11.8. The molecule has 0 aliphatic heterocycles. The molecule has 37 heavy (non-hydrogen) atoms. The van der Waals surface area contributed by atoms with E-state index in [1.807, 2.05) is 86.7 Å².